The molecule has 0 aliphatic carbocycles. The Hall–Kier alpha value is -0.160. The summed E-state index contributed by atoms with van der Waals surface area (Å²) >= 11 is 0. The van der Waals surface area contributed by atoms with Crippen LogP contribution in [0.2, 0.25) is 0 Å². The van der Waals surface area contributed by atoms with E-state index in [-0.39, 0.29) is 23.7 Å². The Labute approximate surface area is 123 Å². The van der Waals surface area contributed by atoms with Crippen molar-refractivity contribution in [3.63, 3.8) is 0 Å². The lowest BCUT2D eigenvalue weighted by atomic mass is 9.80. The van der Waals surface area contributed by atoms with Crippen molar-refractivity contribution >= 4 is 0 Å². The van der Waals surface area contributed by atoms with Gasteiger partial charge in [-0.25, -0.2) is 0 Å². The first-order valence-corrected chi connectivity index (χ1v) is 7.73. The van der Waals surface area contributed by atoms with E-state index in [4.69, 9.17) is 18.9 Å². The molecule has 2 aliphatic heterocycles. The first kappa shape index (κ1) is 16.2. The van der Waals surface area contributed by atoms with Gasteiger partial charge in [-0.1, -0.05) is 6.92 Å². The van der Waals surface area contributed by atoms with Crippen molar-refractivity contribution in [3.05, 3.63) is 0 Å². The monoisotopic (exact) mass is 286 g/mol. The van der Waals surface area contributed by atoms with Crippen molar-refractivity contribution in [1.29, 1.82) is 0 Å². The number of methoxy groups -OCH3 is 1. The molecule has 2 aliphatic rings. The van der Waals surface area contributed by atoms with E-state index in [1.807, 2.05) is 13.8 Å². The lowest BCUT2D eigenvalue weighted by Gasteiger charge is -2.44. The van der Waals surface area contributed by atoms with Crippen LogP contribution in [0.25, 0.3) is 0 Å². The van der Waals surface area contributed by atoms with Gasteiger partial charge in [0.2, 0.25) is 0 Å². The van der Waals surface area contributed by atoms with Crippen LogP contribution in [0.4, 0.5) is 0 Å². The van der Waals surface area contributed by atoms with E-state index in [1.54, 1.807) is 7.11 Å². The zero-order valence-electron chi connectivity index (χ0n) is 13.8. The van der Waals surface area contributed by atoms with Crippen molar-refractivity contribution in [2.45, 2.75) is 71.1 Å². The van der Waals surface area contributed by atoms with Crippen molar-refractivity contribution in [2.24, 2.45) is 11.8 Å². The van der Waals surface area contributed by atoms with Gasteiger partial charge < -0.3 is 18.9 Å². The first-order chi connectivity index (χ1) is 9.24. The van der Waals surface area contributed by atoms with Crippen LogP contribution in [0.15, 0.2) is 0 Å². The van der Waals surface area contributed by atoms with Crippen molar-refractivity contribution in [2.75, 3.05) is 20.3 Å². The Morgan fingerprint density at radius 1 is 1.20 bits per heavy atom. The van der Waals surface area contributed by atoms with Crippen LogP contribution in [0.5, 0.6) is 0 Å². The van der Waals surface area contributed by atoms with Crippen LogP contribution < -0.4 is 0 Å². The minimum Gasteiger partial charge on any atom is -0.384 e. The maximum atomic E-state index is 6.37. The van der Waals surface area contributed by atoms with E-state index in [0.29, 0.717) is 19.1 Å². The zero-order valence-corrected chi connectivity index (χ0v) is 13.8. The number of hydrogen-bond acceptors (Lipinski definition) is 4. The molecule has 0 bridgehead atoms. The van der Waals surface area contributed by atoms with Gasteiger partial charge in [0.05, 0.1) is 31.0 Å². The predicted octanol–water partition coefficient (Wildman–Crippen LogP) is 2.99. The predicted molar refractivity (Wildman–Crippen MR) is 77.6 cm³/mol. The normalized spacial score (nSPS) is 37.8. The highest BCUT2D eigenvalue weighted by molar-refractivity contribution is 4.91. The van der Waals surface area contributed by atoms with Gasteiger partial charge in [0.15, 0.2) is 5.79 Å². The fourth-order valence-corrected chi connectivity index (χ4v) is 3.32. The topological polar surface area (TPSA) is 36.9 Å². The van der Waals surface area contributed by atoms with Crippen LogP contribution in [0.3, 0.4) is 0 Å². The quantitative estimate of drug-likeness (QED) is 0.796. The fraction of sp³-hybridized carbons (Fsp3) is 1.00. The van der Waals surface area contributed by atoms with Crippen LogP contribution in [-0.2, 0) is 18.9 Å². The largest absolute Gasteiger partial charge is 0.384 e. The summed E-state index contributed by atoms with van der Waals surface area (Å²) in [7, 11) is 1.74. The third kappa shape index (κ3) is 3.73. The Morgan fingerprint density at radius 3 is 2.45 bits per heavy atom. The van der Waals surface area contributed by atoms with Gasteiger partial charge in [0.1, 0.15) is 0 Å². The summed E-state index contributed by atoms with van der Waals surface area (Å²) in [6, 6.07) is 0. The molecule has 4 atom stereocenters. The molecule has 0 aromatic heterocycles. The Balaban J connectivity index is 2.11. The van der Waals surface area contributed by atoms with E-state index in [0.717, 1.165) is 6.42 Å². The standard InChI is InChI=1S/C16H30O4/c1-11-7-8-15(2,3)20-14(11)12(9-17-6)13-10-18-16(4,5)19-13/h11-14H,7-10H2,1-6H3. The number of rotatable bonds is 4. The SMILES string of the molecule is COCC(C1COC(C)(C)O1)C1OC(C)(C)CCC1C. The summed E-state index contributed by atoms with van der Waals surface area (Å²) in [5, 5.41) is 0. The first-order valence-electron chi connectivity index (χ1n) is 7.73. The summed E-state index contributed by atoms with van der Waals surface area (Å²) < 4.78 is 23.6. The molecule has 0 N–H and O–H groups in total. The highest BCUT2D eigenvalue weighted by Gasteiger charge is 2.45. The van der Waals surface area contributed by atoms with Gasteiger partial charge in [-0.15, -0.1) is 0 Å². The van der Waals surface area contributed by atoms with E-state index in [2.05, 4.69) is 20.8 Å². The Bertz CT molecular complexity index is 326. The van der Waals surface area contributed by atoms with Gasteiger partial charge in [-0.05, 0) is 46.5 Å². The van der Waals surface area contributed by atoms with E-state index in [9.17, 15) is 0 Å². The highest BCUT2D eigenvalue weighted by Crippen LogP contribution is 2.39. The molecule has 0 amide bonds. The molecule has 0 aromatic carbocycles. The van der Waals surface area contributed by atoms with Crippen LogP contribution in [0.1, 0.15) is 47.5 Å². The molecule has 4 heteroatoms. The molecule has 2 heterocycles. The van der Waals surface area contributed by atoms with Crippen LogP contribution in [-0.4, -0.2) is 43.9 Å². The summed E-state index contributed by atoms with van der Waals surface area (Å²) in [6.45, 7) is 11.8. The van der Waals surface area contributed by atoms with Crippen LogP contribution in [0, 0.1) is 11.8 Å². The van der Waals surface area contributed by atoms with Gasteiger partial charge in [0, 0.05) is 13.0 Å². The lowest BCUT2D eigenvalue weighted by Crippen LogP contribution is -2.49. The molecule has 4 unspecified atom stereocenters. The lowest BCUT2D eigenvalue weighted by molar-refractivity contribution is -0.193. The van der Waals surface area contributed by atoms with Gasteiger partial charge in [-0.3, -0.25) is 0 Å². The van der Waals surface area contributed by atoms with E-state index in [1.165, 1.54) is 6.42 Å². The molecule has 20 heavy (non-hydrogen) atoms. The molecule has 4 nitrogen and oxygen atoms in total. The second-order valence-electron chi connectivity index (χ2n) is 7.34. The Kier molecular flexibility index (Phi) is 4.80. The van der Waals surface area contributed by atoms with Gasteiger partial charge in [0.25, 0.3) is 0 Å². The second kappa shape index (κ2) is 5.91. The highest BCUT2D eigenvalue weighted by atomic mass is 16.7. The maximum Gasteiger partial charge on any atom is 0.163 e. The maximum absolute atomic E-state index is 6.37. The number of ether oxygens (including phenoxy) is 4. The summed E-state index contributed by atoms with van der Waals surface area (Å²) in [5.74, 6) is 0.246. The smallest absolute Gasteiger partial charge is 0.163 e. The summed E-state index contributed by atoms with van der Waals surface area (Å²) in [5.41, 5.74) is -0.0574. The molecule has 2 rings (SSSR count). The molecule has 0 aromatic rings. The minimum atomic E-state index is -0.496. The molecule has 118 valence electrons. The summed E-state index contributed by atoms with van der Waals surface area (Å²) in [4.78, 5) is 0. The van der Waals surface area contributed by atoms with Crippen molar-refractivity contribution < 1.29 is 18.9 Å². The van der Waals surface area contributed by atoms with Gasteiger partial charge >= 0.3 is 0 Å². The van der Waals surface area contributed by atoms with Gasteiger partial charge in [-0.2, -0.15) is 0 Å². The molecule has 2 saturated heterocycles. The van der Waals surface area contributed by atoms with E-state index < -0.39 is 5.79 Å². The molecule has 0 radical (unpaired) electrons. The molecule has 2 fully saturated rings. The molecular formula is C16H30O4. The third-order valence-electron chi connectivity index (χ3n) is 4.51. The molecule has 0 spiro atoms. The fourth-order valence-electron chi connectivity index (χ4n) is 3.32. The average molecular weight is 286 g/mol. The average Bonchev–Trinajstić information content (AvgIpc) is 2.70. The number of hydrogen-bond donors (Lipinski definition) is 0. The molecular weight excluding hydrogens is 256 g/mol. The Morgan fingerprint density at radius 2 is 1.90 bits per heavy atom. The summed E-state index contributed by atoms with van der Waals surface area (Å²) in [6.07, 6.45) is 2.51. The second-order valence-corrected chi connectivity index (χ2v) is 7.34. The van der Waals surface area contributed by atoms with E-state index >= 15 is 0 Å². The van der Waals surface area contributed by atoms with Crippen molar-refractivity contribution in [3.8, 4) is 0 Å². The van der Waals surface area contributed by atoms with Crippen LogP contribution >= 0.6 is 0 Å². The third-order valence-corrected chi connectivity index (χ3v) is 4.51. The molecule has 0 saturated carbocycles. The minimum absolute atomic E-state index is 0.0475. The zero-order chi connectivity index (χ0) is 15.0. The van der Waals surface area contributed by atoms with Crippen molar-refractivity contribution in [1.82, 2.24) is 0 Å².